The van der Waals surface area contributed by atoms with Crippen LogP contribution >= 0.6 is 0 Å². The zero-order chi connectivity index (χ0) is 15.5. The van der Waals surface area contributed by atoms with Gasteiger partial charge in [-0.05, 0) is 44.0 Å². The number of nitrogens with zero attached hydrogens (tertiary/aromatic N) is 1. The molecular weight excluding hydrogens is 288 g/mol. The molecule has 0 aromatic heterocycles. The molecule has 1 aromatic rings. The molecule has 21 heavy (non-hydrogen) atoms. The fourth-order valence-corrected chi connectivity index (χ4v) is 4.09. The predicted molar refractivity (Wildman–Crippen MR) is 85.2 cm³/mol. The molecule has 0 bridgehead atoms. The second-order valence-electron chi connectivity index (χ2n) is 5.38. The van der Waals surface area contributed by atoms with Crippen LogP contribution in [0.5, 0.6) is 0 Å². The smallest absolute Gasteiger partial charge is 0.237 e. The maximum absolute atomic E-state index is 12.4. The van der Waals surface area contributed by atoms with E-state index in [0.29, 0.717) is 6.54 Å². The second-order valence-corrected chi connectivity index (χ2v) is 7.40. The van der Waals surface area contributed by atoms with E-state index < -0.39 is 10.0 Å². The number of hydrogen-bond donors (Lipinski definition) is 1. The Morgan fingerprint density at radius 2 is 2.19 bits per heavy atom. The lowest BCUT2D eigenvalue weighted by Crippen LogP contribution is -2.38. The number of hydrogen-bond acceptors (Lipinski definition) is 4. The van der Waals surface area contributed by atoms with Gasteiger partial charge in [0.25, 0.3) is 0 Å². The lowest BCUT2D eigenvalue weighted by Gasteiger charge is -2.31. The van der Waals surface area contributed by atoms with Crippen molar-refractivity contribution in [1.82, 2.24) is 5.32 Å². The highest BCUT2D eigenvalue weighted by Crippen LogP contribution is 2.31. The molecule has 0 saturated carbocycles. The predicted octanol–water partition coefficient (Wildman–Crippen LogP) is 1.70. The van der Waals surface area contributed by atoms with Gasteiger partial charge in [-0.2, -0.15) is 0 Å². The normalized spacial score (nSPS) is 16.6. The maximum Gasteiger partial charge on any atom is 0.237 e. The van der Waals surface area contributed by atoms with Crippen molar-refractivity contribution in [2.24, 2.45) is 0 Å². The van der Waals surface area contributed by atoms with Gasteiger partial charge in [0.05, 0.1) is 18.0 Å². The molecule has 1 unspecified atom stereocenters. The zero-order valence-corrected chi connectivity index (χ0v) is 13.7. The number of sulfonamides is 1. The minimum absolute atomic E-state index is 0.0254. The summed E-state index contributed by atoms with van der Waals surface area (Å²) < 4.78 is 31.3. The Kier molecular flexibility index (Phi) is 5.24. The van der Waals surface area contributed by atoms with E-state index in [4.69, 9.17) is 4.74 Å². The lowest BCUT2D eigenvalue weighted by atomic mass is 9.98. The number of benzene rings is 1. The molecule has 1 aliphatic heterocycles. The molecule has 0 spiro atoms. The van der Waals surface area contributed by atoms with Crippen molar-refractivity contribution < 1.29 is 13.2 Å². The standard InChI is InChI=1S/C15H24N2O3S/c1-12(16-2)13-6-7-15-14(11-13)5-4-8-17(15)21(18,19)10-9-20-3/h6-7,11-12,16H,4-5,8-10H2,1-3H3. The van der Waals surface area contributed by atoms with Crippen LogP contribution in [0.2, 0.25) is 0 Å². The first-order valence-electron chi connectivity index (χ1n) is 7.29. The molecule has 6 heteroatoms. The van der Waals surface area contributed by atoms with Gasteiger partial charge in [0.2, 0.25) is 10.0 Å². The minimum Gasteiger partial charge on any atom is -0.384 e. The van der Waals surface area contributed by atoms with Crippen molar-refractivity contribution in [2.75, 3.05) is 37.4 Å². The van der Waals surface area contributed by atoms with Crippen LogP contribution in [0.15, 0.2) is 18.2 Å². The zero-order valence-electron chi connectivity index (χ0n) is 12.9. The average Bonchev–Trinajstić information content (AvgIpc) is 2.51. The van der Waals surface area contributed by atoms with Gasteiger partial charge in [-0.1, -0.05) is 12.1 Å². The Morgan fingerprint density at radius 3 is 2.86 bits per heavy atom. The van der Waals surface area contributed by atoms with Crippen molar-refractivity contribution in [3.8, 4) is 0 Å². The quantitative estimate of drug-likeness (QED) is 0.868. The number of nitrogens with one attached hydrogen (secondary N) is 1. The van der Waals surface area contributed by atoms with Gasteiger partial charge in [-0.15, -0.1) is 0 Å². The number of anilines is 1. The van der Waals surface area contributed by atoms with Crippen LogP contribution in [0.25, 0.3) is 0 Å². The van der Waals surface area contributed by atoms with E-state index in [-0.39, 0.29) is 18.4 Å². The van der Waals surface area contributed by atoms with Gasteiger partial charge in [0, 0.05) is 19.7 Å². The molecule has 1 N–H and O–H groups in total. The largest absolute Gasteiger partial charge is 0.384 e. The van der Waals surface area contributed by atoms with Crippen molar-refractivity contribution in [3.05, 3.63) is 29.3 Å². The molecule has 0 aliphatic carbocycles. The molecule has 1 aromatic carbocycles. The van der Waals surface area contributed by atoms with E-state index in [9.17, 15) is 8.42 Å². The molecular formula is C15H24N2O3S. The van der Waals surface area contributed by atoms with Crippen LogP contribution in [0.3, 0.4) is 0 Å². The van der Waals surface area contributed by atoms with E-state index in [1.165, 1.54) is 12.7 Å². The molecule has 118 valence electrons. The van der Waals surface area contributed by atoms with Crippen LogP contribution in [0.4, 0.5) is 5.69 Å². The molecule has 1 atom stereocenters. The molecule has 0 fully saturated rings. The van der Waals surface area contributed by atoms with Crippen molar-refractivity contribution in [2.45, 2.75) is 25.8 Å². The molecule has 2 rings (SSSR count). The topological polar surface area (TPSA) is 58.6 Å². The van der Waals surface area contributed by atoms with Crippen molar-refractivity contribution in [1.29, 1.82) is 0 Å². The van der Waals surface area contributed by atoms with Crippen LogP contribution in [0.1, 0.15) is 30.5 Å². The van der Waals surface area contributed by atoms with Crippen LogP contribution in [0, 0.1) is 0 Å². The van der Waals surface area contributed by atoms with E-state index in [0.717, 1.165) is 24.1 Å². The van der Waals surface area contributed by atoms with Gasteiger partial charge in [-0.25, -0.2) is 8.42 Å². The van der Waals surface area contributed by atoms with Crippen molar-refractivity contribution in [3.63, 3.8) is 0 Å². The molecule has 0 amide bonds. The number of aryl methyl sites for hydroxylation is 1. The minimum atomic E-state index is -3.30. The highest BCUT2D eigenvalue weighted by atomic mass is 32.2. The van der Waals surface area contributed by atoms with Crippen molar-refractivity contribution >= 4 is 15.7 Å². The fraction of sp³-hybridized carbons (Fsp3) is 0.600. The van der Waals surface area contributed by atoms with Crippen LogP contribution < -0.4 is 9.62 Å². The summed E-state index contributed by atoms with van der Waals surface area (Å²) in [7, 11) is 0.136. The van der Waals surface area contributed by atoms with E-state index in [2.05, 4.69) is 18.3 Å². The third-order valence-corrected chi connectivity index (χ3v) is 5.73. The van der Waals surface area contributed by atoms with Crippen LogP contribution in [-0.4, -0.2) is 41.5 Å². The lowest BCUT2D eigenvalue weighted by molar-refractivity contribution is 0.217. The summed E-state index contributed by atoms with van der Waals surface area (Å²) in [4.78, 5) is 0. The number of methoxy groups -OCH3 is 1. The summed E-state index contributed by atoms with van der Waals surface area (Å²) in [5, 5.41) is 3.21. The van der Waals surface area contributed by atoms with Gasteiger partial charge in [-0.3, -0.25) is 4.31 Å². The summed E-state index contributed by atoms with van der Waals surface area (Å²) in [5.74, 6) is 0.0254. The molecule has 1 aliphatic rings. The Labute approximate surface area is 127 Å². The van der Waals surface area contributed by atoms with E-state index in [1.807, 2.05) is 19.2 Å². The first kappa shape index (κ1) is 16.3. The molecule has 1 heterocycles. The summed E-state index contributed by atoms with van der Waals surface area (Å²) in [6, 6.07) is 6.32. The van der Waals surface area contributed by atoms with Crippen LogP contribution in [-0.2, 0) is 21.2 Å². The molecule has 5 nitrogen and oxygen atoms in total. The Morgan fingerprint density at radius 1 is 1.43 bits per heavy atom. The van der Waals surface area contributed by atoms with Gasteiger partial charge < -0.3 is 10.1 Å². The van der Waals surface area contributed by atoms with E-state index in [1.54, 1.807) is 4.31 Å². The van der Waals surface area contributed by atoms with Gasteiger partial charge in [0.15, 0.2) is 0 Å². The SMILES string of the molecule is CNC(C)c1ccc2c(c1)CCCN2S(=O)(=O)CCOC. The fourth-order valence-electron chi connectivity index (χ4n) is 2.61. The number of fused-ring (bicyclic) bond motifs is 1. The number of ether oxygens (including phenoxy) is 1. The monoisotopic (exact) mass is 312 g/mol. The Hall–Kier alpha value is -1.11. The second kappa shape index (κ2) is 6.77. The summed E-state index contributed by atoms with van der Waals surface area (Å²) in [5.41, 5.74) is 3.12. The summed E-state index contributed by atoms with van der Waals surface area (Å²) in [6.45, 7) is 2.88. The first-order chi connectivity index (χ1) is 9.99. The highest BCUT2D eigenvalue weighted by Gasteiger charge is 2.27. The number of rotatable bonds is 6. The summed E-state index contributed by atoms with van der Waals surface area (Å²) >= 11 is 0. The third kappa shape index (κ3) is 3.56. The maximum atomic E-state index is 12.4. The van der Waals surface area contributed by atoms with Gasteiger partial charge in [0.1, 0.15) is 0 Å². The average molecular weight is 312 g/mol. The molecule has 0 radical (unpaired) electrons. The first-order valence-corrected chi connectivity index (χ1v) is 8.90. The Bertz CT molecular complexity index is 587. The van der Waals surface area contributed by atoms with E-state index >= 15 is 0 Å². The Balaban J connectivity index is 2.32. The molecule has 0 saturated heterocycles. The highest BCUT2D eigenvalue weighted by molar-refractivity contribution is 7.92. The van der Waals surface area contributed by atoms with Gasteiger partial charge >= 0.3 is 0 Å². The summed E-state index contributed by atoms with van der Waals surface area (Å²) in [6.07, 6.45) is 1.78. The third-order valence-electron chi connectivity index (χ3n) is 3.99.